The number of likely N-dealkylation sites (tertiary alicyclic amines) is 1. The van der Waals surface area contributed by atoms with Crippen molar-refractivity contribution in [3.8, 4) is 23.0 Å². The zero-order chi connectivity index (χ0) is 20.2. The number of benzene rings is 1. The van der Waals surface area contributed by atoms with Crippen LogP contribution in [0.15, 0.2) is 47.1 Å². The van der Waals surface area contributed by atoms with Gasteiger partial charge in [-0.3, -0.25) is 9.78 Å². The quantitative estimate of drug-likeness (QED) is 0.654. The van der Waals surface area contributed by atoms with Crippen molar-refractivity contribution in [2.45, 2.75) is 25.3 Å². The number of carbonyl (C=O) groups excluding carboxylic acids is 1. The van der Waals surface area contributed by atoms with E-state index in [0.29, 0.717) is 35.4 Å². The van der Waals surface area contributed by atoms with E-state index in [1.807, 2.05) is 12.1 Å². The van der Waals surface area contributed by atoms with E-state index in [2.05, 4.69) is 15.2 Å². The summed E-state index contributed by atoms with van der Waals surface area (Å²) in [6.45, 7) is 0.606. The minimum Gasteiger partial charge on any atom is -0.497 e. The third-order valence-corrected chi connectivity index (χ3v) is 5.03. The molecule has 0 bridgehead atoms. The molecule has 1 aromatic carbocycles. The Morgan fingerprint density at radius 1 is 1.17 bits per heavy atom. The molecule has 8 heteroatoms. The SMILES string of the molecule is COc1ccc(OC)c(C(=O)N2CCCC[C@H]2c2nnc(-c3cccnc3)o2)c1. The van der Waals surface area contributed by atoms with Gasteiger partial charge in [-0.25, -0.2) is 0 Å². The molecule has 0 saturated carbocycles. The minimum absolute atomic E-state index is 0.147. The van der Waals surface area contributed by atoms with Crippen LogP contribution in [0, 0.1) is 0 Å². The van der Waals surface area contributed by atoms with Gasteiger partial charge in [0.25, 0.3) is 5.91 Å². The van der Waals surface area contributed by atoms with E-state index in [-0.39, 0.29) is 11.9 Å². The van der Waals surface area contributed by atoms with Gasteiger partial charge in [0.05, 0.1) is 25.3 Å². The van der Waals surface area contributed by atoms with E-state index in [9.17, 15) is 4.79 Å². The number of methoxy groups -OCH3 is 2. The van der Waals surface area contributed by atoms with Gasteiger partial charge in [0, 0.05) is 18.9 Å². The van der Waals surface area contributed by atoms with Gasteiger partial charge in [0.1, 0.15) is 17.5 Å². The third kappa shape index (κ3) is 3.78. The predicted octanol–water partition coefficient (Wildman–Crippen LogP) is 3.52. The third-order valence-electron chi connectivity index (χ3n) is 5.03. The summed E-state index contributed by atoms with van der Waals surface area (Å²) in [4.78, 5) is 19.3. The maximum Gasteiger partial charge on any atom is 0.258 e. The van der Waals surface area contributed by atoms with Crippen LogP contribution in [0.4, 0.5) is 0 Å². The van der Waals surface area contributed by atoms with Crippen molar-refractivity contribution in [1.29, 1.82) is 0 Å². The second-order valence-electron chi connectivity index (χ2n) is 6.76. The van der Waals surface area contributed by atoms with Gasteiger partial charge >= 0.3 is 0 Å². The predicted molar refractivity (Wildman–Crippen MR) is 105 cm³/mol. The molecule has 3 heterocycles. The summed E-state index contributed by atoms with van der Waals surface area (Å²) in [5.41, 5.74) is 1.19. The Balaban J connectivity index is 1.65. The van der Waals surface area contributed by atoms with E-state index >= 15 is 0 Å². The summed E-state index contributed by atoms with van der Waals surface area (Å²) < 4.78 is 16.6. The molecule has 1 atom stereocenters. The van der Waals surface area contributed by atoms with E-state index < -0.39 is 0 Å². The molecule has 1 saturated heterocycles. The van der Waals surface area contributed by atoms with Crippen molar-refractivity contribution < 1.29 is 18.7 Å². The number of aromatic nitrogens is 3. The highest BCUT2D eigenvalue weighted by molar-refractivity contribution is 5.97. The number of hydrogen-bond acceptors (Lipinski definition) is 7. The summed E-state index contributed by atoms with van der Waals surface area (Å²) in [5.74, 6) is 1.77. The fourth-order valence-corrected chi connectivity index (χ4v) is 3.54. The van der Waals surface area contributed by atoms with Gasteiger partial charge in [-0.15, -0.1) is 10.2 Å². The van der Waals surface area contributed by atoms with Crippen molar-refractivity contribution in [1.82, 2.24) is 20.1 Å². The average Bonchev–Trinajstić information content (AvgIpc) is 3.29. The lowest BCUT2D eigenvalue weighted by atomic mass is 10.0. The molecular formula is C21H22N4O4. The van der Waals surface area contributed by atoms with Crippen LogP contribution in [0.2, 0.25) is 0 Å². The Morgan fingerprint density at radius 3 is 2.83 bits per heavy atom. The van der Waals surface area contributed by atoms with Crippen molar-refractivity contribution in [2.75, 3.05) is 20.8 Å². The normalized spacial score (nSPS) is 16.5. The lowest BCUT2D eigenvalue weighted by Gasteiger charge is -2.33. The zero-order valence-electron chi connectivity index (χ0n) is 16.4. The first-order valence-electron chi connectivity index (χ1n) is 9.48. The lowest BCUT2D eigenvalue weighted by molar-refractivity contribution is 0.0569. The molecule has 2 aromatic heterocycles. The monoisotopic (exact) mass is 394 g/mol. The van der Waals surface area contributed by atoms with Crippen LogP contribution in [-0.4, -0.2) is 46.8 Å². The van der Waals surface area contributed by atoms with Gasteiger partial charge in [0.2, 0.25) is 11.8 Å². The van der Waals surface area contributed by atoms with Crippen molar-refractivity contribution >= 4 is 5.91 Å². The minimum atomic E-state index is -0.287. The van der Waals surface area contributed by atoms with Gasteiger partial charge in [-0.1, -0.05) is 0 Å². The van der Waals surface area contributed by atoms with Crippen molar-refractivity contribution in [3.05, 3.63) is 54.2 Å². The number of rotatable bonds is 5. The zero-order valence-corrected chi connectivity index (χ0v) is 16.4. The summed E-state index contributed by atoms with van der Waals surface area (Å²) in [5, 5.41) is 8.37. The first-order chi connectivity index (χ1) is 14.2. The number of amides is 1. The number of hydrogen-bond donors (Lipinski definition) is 0. The Hall–Kier alpha value is -3.42. The Kier molecular flexibility index (Phi) is 5.41. The molecule has 4 rings (SSSR count). The second kappa shape index (κ2) is 8.30. The fourth-order valence-electron chi connectivity index (χ4n) is 3.54. The highest BCUT2D eigenvalue weighted by Crippen LogP contribution is 2.35. The standard InChI is InChI=1S/C21H22N4O4/c1-27-15-8-9-18(28-2)16(12-15)21(26)25-11-4-3-7-17(25)20-24-23-19(29-20)14-6-5-10-22-13-14/h5-6,8-10,12-13,17H,3-4,7,11H2,1-2H3/t17-/m0/s1. The molecule has 150 valence electrons. The van der Waals surface area contributed by atoms with Crippen LogP contribution < -0.4 is 9.47 Å². The van der Waals surface area contributed by atoms with E-state index in [1.165, 1.54) is 0 Å². The number of nitrogens with zero attached hydrogens (tertiary/aromatic N) is 4. The summed E-state index contributed by atoms with van der Waals surface area (Å²) in [6, 6.07) is 8.58. The first kappa shape index (κ1) is 18.9. The molecule has 1 aliphatic rings. The Labute approximate surface area is 168 Å². The Bertz CT molecular complexity index is 989. The molecule has 3 aromatic rings. The molecule has 0 unspecified atom stereocenters. The van der Waals surface area contributed by atoms with Gasteiger partial charge < -0.3 is 18.8 Å². The molecular weight excluding hydrogens is 372 g/mol. The maximum absolute atomic E-state index is 13.4. The molecule has 1 fully saturated rings. The van der Waals surface area contributed by atoms with E-state index in [4.69, 9.17) is 13.9 Å². The molecule has 0 aliphatic carbocycles. The van der Waals surface area contributed by atoms with Gasteiger partial charge in [-0.2, -0.15) is 0 Å². The van der Waals surface area contributed by atoms with E-state index in [1.54, 1.807) is 49.7 Å². The first-order valence-corrected chi connectivity index (χ1v) is 9.48. The highest BCUT2D eigenvalue weighted by Gasteiger charge is 2.34. The molecule has 1 amide bonds. The number of ether oxygens (including phenoxy) is 2. The van der Waals surface area contributed by atoms with Crippen LogP contribution in [-0.2, 0) is 0 Å². The second-order valence-corrected chi connectivity index (χ2v) is 6.76. The van der Waals surface area contributed by atoms with Crippen LogP contribution in [0.3, 0.4) is 0 Å². The summed E-state index contributed by atoms with van der Waals surface area (Å²) in [6.07, 6.45) is 6.01. The molecule has 0 N–H and O–H groups in total. The van der Waals surface area contributed by atoms with Gasteiger partial charge in [0.15, 0.2) is 0 Å². The average molecular weight is 394 g/mol. The molecule has 8 nitrogen and oxygen atoms in total. The number of pyridine rings is 1. The topological polar surface area (TPSA) is 90.6 Å². The van der Waals surface area contributed by atoms with Gasteiger partial charge in [-0.05, 0) is 49.6 Å². The van der Waals surface area contributed by atoms with Crippen LogP contribution in [0.25, 0.3) is 11.5 Å². The van der Waals surface area contributed by atoms with Crippen LogP contribution in [0.5, 0.6) is 11.5 Å². The van der Waals surface area contributed by atoms with Crippen LogP contribution >= 0.6 is 0 Å². The number of piperidine rings is 1. The molecule has 0 spiro atoms. The molecule has 0 radical (unpaired) electrons. The lowest BCUT2D eigenvalue weighted by Crippen LogP contribution is -2.38. The summed E-state index contributed by atoms with van der Waals surface area (Å²) in [7, 11) is 3.11. The van der Waals surface area contributed by atoms with Crippen molar-refractivity contribution in [3.63, 3.8) is 0 Å². The Morgan fingerprint density at radius 2 is 2.07 bits per heavy atom. The van der Waals surface area contributed by atoms with Crippen molar-refractivity contribution in [2.24, 2.45) is 0 Å². The highest BCUT2D eigenvalue weighted by atomic mass is 16.5. The largest absolute Gasteiger partial charge is 0.497 e. The molecule has 29 heavy (non-hydrogen) atoms. The molecule has 1 aliphatic heterocycles. The smallest absolute Gasteiger partial charge is 0.258 e. The fraction of sp³-hybridized carbons (Fsp3) is 0.333. The number of carbonyl (C=O) groups is 1. The maximum atomic E-state index is 13.4. The van der Waals surface area contributed by atoms with Crippen LogP contribution in [0.1, 0.15) is 41.6 Å². The summed E-state index contributed by atoms with van der Waals surface area (Å²) >= 11 is 0. The van der Waals surface area contributed by atoms with E-state index in [0.717, 1.165) is 24.8 Å².